The Morgan fingerprint density at radius 1 is 0.307 bits per heavy atom. The number of Topliss-reactive ketones (excluding diaryl/α,β-unsaturated/α-hetero) is 1. The van der Waals surface area contributed by atoms with Gasteiger partial charge in [0.1, 0.15) is 232 Å². The summed E-state index contributed by atoms with van der Waals surface area (Å²) < 4.78 is 108. The van der Waals surface area contributed by atoms with Crippen molar-refractivity contribution in [2.24, 2.45) is 0 Å². The third kappa shape index (κ3) is 24.3. The first-order valence-electron chi connectivity index (χ1n) is 43.9. The van der Waals surface area contributed by atoms with Crippen LogP contribution in [0.1, 0.15) is 57.6 Å². The van der Waals surface area contributed by atoms with Gasteiger partial charge in [-0.2, -0.15) is 0 Å². The number of aliphatic hydroxyl groups excluding tert-OH is 24. The lowest BCUT2D eigenvalue weighted by Crippen LogP contribution is -2.71. The van der Waals surface area contributed by atoms with Crippen molar-refractivity contribution in [1.29, 1.82) is 0 Å². The number of hydrogen-bond acceptors (Lipinski definition) is 49. The Morgan fingerprint density at radius 3 is 1.01 bits per heavy atom. The van der Waals surface area contributed by atoms with Crippen molar-refractivity contribution in [3.8, 4) is 11.1 Å². The molecule has 2 aromatic carbocycles. The quantitative estimate of drug-likeness (QED) is 0.0299. The fourth-order valence-electron chi connectivity index (χ4n) is 18.3. The third-order valence-corrected chi connectivity index (χ3v) is 25.3. The van der Waals surface area contributed by atoms with Crippen LogP contribution in [0, 0.1) is 0 Å². The Morgan fingerprint density at radius 2 is 0.620 bits per heavy atom. The number of carbonyl (C=O) groups excluding carboxylic acids is 6. The van der Waals surface area contributed by atoms with Crippen molar-refractivity contribution in [2.75, 3.05) is 66.1 Å². The second-order valence-electron chi connectivity index (χ2n) is 34.6. The molecule has 0 bridgehead atoms. The molecule has 9 heterocycles. The van der Waals surface area contributed by atoms with E-state index in [9.17, 15) is 161 Å². The predicted octanol–water partition coefficient (Wildman–Crippen LogP) is -16.7. The Hall–Kier alpha value is -6.91. The van der Waals surface area contributed by atoms with Crippen molar-refractivity contribution >= 4 is 41.5 Å². The summed E-state index contributed by atoms with van der Waals surface area (Å²) in [4.78, 5) is 92.4. The van der Waals surface area contributed by atoms with E-state index in [2.05, 4.69) is 26.6 Å². The summed E-state index contributed by atoms with van der Waals surface area (Å²) in [6, 6.07) is 5.08. The van der Waals surface area contributed by atoms with E-state index in [1.54, 1.807) is 12.1 Å². The highest BCUT2D eigenvalue weighted by Crippen LogP contribution is 2.46. The van der Waals surface area contributed by atoms with Crippen LogP contribution in [0.15, 0.2) is 48.5 Å². The molecule has 9 saturated heterocycles. The Kier molecular flexibility index (Phi) is 38.1. The van der Waals surface area contributed by atoms with E-state index in [-0.39, 0.29) is 6.61 Å². The largest absolute Gasteiger partial charge is 0.480 e. The van der Waals surface area contributed by atoms with E-state index in [1.165, 1.54) is 0 Å². The first-order valence-corrected chi connectivity index (χ1v) is 43.9. The van der Waals surface area contributed by atoms with Gasteiger partial charge in [0.2, 0.25) is 23.6 Å². The first kappa shape index (κ1) is 109. The molecular weight excluding hydrogens is 1850 g/mol. The average molecular weight is 1980 g/mol. The minimum atomic E-state index is -2.65. The van der Waals surface area contributed by atoms with Gasteiger partial charge < -0.3 is 240 Å². The molecule has 9 aliphatic heterocycles. The summed E-state index contributed by atoms with van der Waals surface area (Å²) in [6.07, 6.45) is -90.2. The highest BCUT2D eigenvalue weighted by molar-refractivity contribution is 5.88. The smallest absolute Gasteiger partial charge is 0.407 e. The van der Waals surface area contributed by atoms with Gasteiger partial charge in [-0.1, -0.05) is 48.5 Å². The van der Waals surface area contributed by atoms with E-state index in [0.717, 1.165) is 49.9 Å². The first-order chi connectivity index (χ1) is 65.1. The number of hydrogen-bond donors (Lipinski definition) is 30. The summed E-state index contributed by atoms with van der Waals surface area (Å²) in [5.41, 5.74) is 3.45. The van der Waals surface area contributed by atoms with Crippen molar-refractivity contribution in [2.45, 2.75) is 328 Å². The number of aliphatic hydroxyl groups is 24. The van der Waals surface area contributed by atoms with Crippen molar-refractivity contribution in [1.82, 2.24) is 26.6 Å². The number of ketones is 1. The van der Waals surface area contributed by atoms with Gasteiger partial charge in [-0.15, -0.1) is 0 Å². The molecule has 5 amide bonds. The van der Waals surface area contributed by atoms with Crippen LogP contribution in [0.4, 0.5) is 4.79 Å². The summed E-state index contributed by atoms with van der Waals surface area (Å²) in [5.74, 6) is -6.92. The second kappa shape index (κ2) is 48.0. The topological polar surface area (TPSA) is 852 Å². The van der Waals surface area contributed by atoms with Gasteiger partial charge in [0, 0.05) is 46.5 Å². The zero-order valence-electron chi connectivity index (χ0n) is 73.6. The molecule has 0 radical (unpaired) electrons. The fraction of sp³-hybridized carbons (Fsp3) is 0.768. The number of carboxylic acids is 1. The average Bonchev–Trinajstić information content (AvgIpc) is 1.74. The van der Waals surface area contributed by atoms with Gasteiger partial charge in [0.05, 0.1) is 71.6 Å². The van der Waals surface area contributed by atoms with Gasteiger partial charge in [0.25, 0.3) is 0 Å². The summed E-state index contributed by atoms with van der Waals surface area (Å²) in [7, 11) is 0. The van der Waals surface area contributed by atoms with E-state index >= 15 is 0 Å². The zero-order valence-corrected chi connectivity index (χ0v) is 73.6. The number of rotatable bonds is 37. The summed E-state index contributed by atoms with van der Waals surface area (Å²) in [5, 5.41) is 293. The van der Waals surface area contributed by atoms with Crippen LogP contribution in [0.2, 0.25) is 0 Å². The number of fused-ring (bicyclic) bond motifs is 3. The lowest BCUT2D eigenvalue weighted by atomic mass is 9.88. The molecule has 137 heavy (non-hydrogen) atoms. The lowest BCUT2D eigenvalue weighted by molar-refractivity contribution is -0.398. The van der Waals surface area contributed by atoms with Crippen LogP contribution < -0.4 is 26.6 Å². The SMILES string of the molecule is CC(=O)NC1C(O)[C@H](O[C@@H]2OC(CO)[C@H](O)[C@H](O)C2O)[C@H](CO)O[C@H]1OC1[C@@H](OCC2O[C@@H](O[C@@H]3C(CO)O[C@@H](O[C@@H]4C(CO)O[C@@H](CC(=O)CC(NC(=O)OCC5c6ccccc6-c6ccccc65)C(=O)O)[C@@H](NC(C)=O)C4O)[C@@H](NC(C)=O)C3O)[C@H](O)C(O[C@H]3OC(CO)[C@@H](O)C(O)C3O[C@@H]3OC(CO)[C@@H](O[C@@H]4OC(CO)[C@H](O)[C@H](O)C4O)[C@H](O)C3NC(C)=O)[C@@H]2O)OC(CO)[C@@H](O)[C@@H]1O. The van der Waals surface area contributed by atoms with E-state index in [1.807, 2.05) is 36.4 Å². The summed E-state index contributed by atoms with van der Waals surface area (Å²) >= 11 is 0. The second-order valence-corrected chi connectivity index (χ2v) is 34.6. The normalized spacial score (nSPS) is 42.6. The predicted molar refractivity (Wildman–Crippen MR) is 435 cm³/mol. The molecule has 9 fully saturated rings. The maximum absolute atomic E-state index is 14.0. The van der Waals surface area contributed by atoms with Crippen molar-refractivity contribution in [3.63, 3.8) is 0 Å². The molecule has 20 unspecified atom stereocenters. The van der Waals surface area contributed by atoms with Gasteiger partial charge in [-0.05, 0) is 22.3 Å². The molecule has 10 aliphatic rings. The molecule has 46 atom stereocenters. The Balaban J connectivity index is 0.821. The molecule has 0 aromatic heterocycles. The molecule has 0 spiro atoms. The number of aliphatic carboxylic acids is 1. The molecule has 0 saturated carbocycles. The number of amides is 5. The number of alkyl carbamates (subject to hydrolysis) is 1. The van der Waals surface area contributed by atoms with Gasteiger partial charge in [-0.3, -0.25) is 24.0 Å². The van der Waals surface area contributed by atoms with E-state index in [4.69, 9.17) is 85.3 Å². The molecule has 1 aliphatic carbocycles. The molecule has 2 aromatic rings. The minimum Gasteiger partial charge on any atom is -0.480 e. The maximum Gasteiger partial charge on any atom is 0.407 e. The van der Waals surface area contributed by atoms with Crippen molar-refractivity contribution < 1.29 is 246 Å². The number of nitrogens with one attached hydrogen (secondary N) is 5. The van der Waals surface area contributed by atoms with Crippen LogP contribution in [0.3, 0.4) is 0 Å². The zero-order chi connectivity index (χ0) is 99.9. The number of carboxylic acid groups (broad SMARTS) is 1. The molecule has 774 valence electrons. The van der Waals surface area contributed by atoms with Crippen LogP contribution in [-0.4, -0.2) is 517 Å². The maximum atomic E-state index is 14.0. The van der Waals surface area contributed by atoms with Gasteiger partial charge in [-0.25, -0.2) is 9.59 Å². The minimum absolute atomic E-state index is 0.246. The molecule has 55 nitrogen and oxygen atoms in total. The van der Waals surface area contributed by atoms with E-state index in [0.29, 0.717) is 0 Å². The van der Waals surface area contributed by atoms with Crippen molar-refractivity contribution in [3.05, 3.63) is 59.7 Å². The number of ether oxygens (including phenoxy) is 18. The van der Waals surface area contributed by atoms with Gasteiger partial charge in [0.15, 0.2) is 50.3 Å². The molecular formula is C82H121N5O50. The number of carbonyl (C=O) groups is 7. The fourth-order valence-corrected chi connectivity index (χ4v) is 18.3. The van der Waals surface area contributed by atoms with Crippen LogP contribution in [0.5, 0.6) is 0 Å². The van der Waals surface area contributed by atoms with Gasteiger partial charge >= 0.3 is 12.1 Å². The van der Waals surface area contributed by atoms with Crippen LogP contribution in [0.25, 0.3) is 11.1 Å². The Labute approximate surface area is 777 Å². The highest BCUT2D eigenvalue weighted by Gasteiger charge is 2.62. The van der Waals surface area contributed by atoms with Crippen LogP contribution in [-0.2, 0) is 114 Å². The monoisotopic (exact) mass is 1980 g/mol. The lowest BCUT2D eigenvalue weighted by Gasteiger charge is -2.51. The molecule has 55 heteroatoms. The third-order valence-electron chi connectivity index (χ3n) is 25.3. The standard InChI is InChI=1S/C82H121N5O50/c1-25(96)83-46-36(14-29(100)13-35(73(117)118)87-82(119)121-23-34-32-11-7-5-9-30(32)31-10-6-8-12-33(31)34)122-41(19-92)66(55(46)106)131-74-47(84-26(2)97)56(107)69(44(22-95)127-74)134-79-65(116)70(135-81-72(62(113)53(104)40(18-91)126-81)137-76-49(86-28(4)99)58(109)68(43(21-94)129-76)133-78-64(115)60(111)51(102)38(16-89)124-78)54(105)45(130-79)24-120-80-71(61(112)52(103)39(17-90)125-80)136-75-48(85-27(3)98)57(108)67(42(20-93)128-75)132-77-63(114)59(110)50(101)37(15-88)123-77/h5-12,34-72,74-81,88-95,101-116H,13-24H2,1-4H3,(H,83,96)(H,84,97)(H,85,98)(H,86,99)(H,87,119)(H,117,118)/t35?,36-,37?,38?,39?,40?,41?,42-,43?,44?,45?,46+,47-,48?,49?,50-,51-,52+,53+,54+,55?,56?,57?,58+,59-,60-,61-,62?,63?,64?,65+,66+,67+,68+,69+,70?,71?,72?,74-,75-,76-,77-,78-,79-,80-,81+/m0/s1. The van der Waals surface area contributed by atoms with E-state index < -0.39 is 402 Å². The summed E-state index contributed by atoms with van der Waals surface area (Å²) in [6.45, 7) is -6.79. The highest BCUT2D eigenvalue weighted by atomic mass is 16.8. The molecule has 30 N–H and O–H groups in total. The number of benzene rings is 2. The Bertz CT molecular complexity index is 4250. The molecule has 12 rings (SSSR count). The van der Waals surface area contributed by atoms with Crippen LogP contribution >= 0.6 is 0 Å².